The molecule has 1 unspecified atom stereocenters. The number of nitrogens with two attached hydrogens (primary N) is 1. The Hall–Kier alpha value is -2.13. The summed E-state index contributed by atoms with van der Waals surface area (Å²) in [7, 11) is 0. The van der Waals surface area contributed by atoms with Crippen molar-refractivity contribution >= 4 is 11.6 Å². The molecule has 1 atom stereocenters. The number of carbonyl (C=O) groups is 1. The Morgan fingerprint density at radius 3 is 2.63 bits per heavy atom. The molecule has 1 aliphatic carbocycles. The first-order valence-electron chi connectivity index (χ1n) is 6.52. The zero-order chi connectivity index (χ0) is 13.0. The van der Waals surface area contributed by atoms with Crippen molar-refractivity contribution in [3.8, 4) is 11.1 Å². The lowest BCUT2D eigenvalue weighted by Gasteiger charge is -2.36. The molecule has 2 N–H and O–H groups in total. The van der Waals surface area contributed by atoms with Crippen LogP contribution in [0.2, 0.25) is 0 Å². The van der Waals surface area contributed by atoms with Gasteiger partial charge in [0.15, 0.2) is 0 Å². The first-order chi connectivity index (χ1) is 9.24. The van der Waals surface area contributed by atoms with E-state index in [0.29, 0.717) is 6.54 Å². The van der Waals surface area contributed by atoms with Gasteiger partial charge in [0.1, 0.15) is 6.04 Å². The fourth-order valence-corrected chi connectivity index (χ4v) is 2.98. The lowest BCUT2D eigenvalue weighted by atomic mass is 10.0. The number of fused-ring (bicyclic) bond motifs is 3. The summed E-state index contributed by atoms with van der Waals surface area (Å²) in [4.78, 5) is 13.4. The summed E-state index contributed by atoms with van der Waals surface area (Å²) in [5.41, 5.74) is 11.9. The van der Waals surface area contributed by atoms with Crippen molar-refractivity contribution in [1.29, 1.82) is 0 Å². The molecule has 1 saturated heterocycles. The molecule has 0 spiro atoms. The van der Waals surface area contributed by atoms with Crippen molar-refractivity contribution in [2.24, 2.45) is 5.73 Å². The maximum atomic E-state index is 11.7. The number of carbonyl (C=O) groups excluding carboxylic acids is 1. The molecule has 4 rings (SSSR count). The van der Waals surface area contributed by atoms with Gasteiger partial charge in [0, 0.05) is 5.69 Å². The van der Waals surface area contributed by atoms with Crippen molar-refractivity contribution in [3.05, 3.63) is 53.6 Å². The van der Waals surface area contributed by atoms with E-state index in [-0.39, 0.29) is 11.9 Å². The zero-order valence-corrected chi connectivity index (χ0v) is 10.5. The lowest BCUT2D eigenvalue weighted by Crippen LogP contribution is -2.61. The van der Waals surface area contributed by atoms with Gasteiger partial charge in [0.25, 0.3) is 0 Å². The van der Waals surface area contributed by atoms with E-state index in [4.69, 9.17) is 5.73 Å². The second-order valence-electron chi connectivity index (χ2n) is 5.23. The maximum absolute atomic E-state index is 11.7. The summed E-state index contributed by atoms with van der Waals surface area (Å²) in [6.45, 7) is 0.630. The summed E-state index contributed by atoms with van der Waals surface area (Å²) in [5.74, 6) is 0.0236. The van der Waals surface area contributed by atoms with E-state index in [2.05, 4.69) is 36.4 Å². The SMILES string of the molecule is NC1CN(c2ccc3c(c2)Cc2ccccc2-3)C1=O. The molecule has 0 bridgehead atoms. The quantitative estimate of drug-likeness (QED) is 0.671. The molecule has 0 saturated carbocycles. The number of rotatable bonds is 1. The number of anilines is 1. The Kier molecular flexibility index (Phi) is 2.09. The standard InChI is InChI=1S/C16H14N2O/c17-15-9-18(16(15)19)12-5-6-14-11(8-12)7-10-3-1-2-4-13(10)14/h1-6,8,15H,7,9,17H2. The van der Waals surface area contributed by atoms with Crippen LogP contribution in [0.5, 0.6) is 0 Å². The van der Waals surface area contributed by atoms with E-state index >= 15 is 0 Å². The Labute approximate surface area is 111 Å². The minimum Gasteiger partial charge on any atom is -0.318 e. The van der Waals surface area contributed by atoms with Crippen LogP contribution in [0, 0.1) is 0 Å². The Morgan fingerprint density at radius 2 is 1.84 bits per heavy atom. The predicted molar refractivity (Wildman–Crippen MR) is 75.0 cm³/mol. The Bertz CT molecular complexity index is 693. The maximum Gasteiger partial charge on any atom is 0.245 e. The van der Waals surface area contributed by atoms with Gasteiger partial charge in [-0.1, -0.05) is 30.3 Å². The highest BCUT2D eigenvalue weighted by Crippen LogP contribution is 2.38. The number of amides is 1. The summed E-state index contributed by atoms with van der Waals surface area (Å²) in [5, 5.41) is 0. The molecule has 19 heavy (non-hydrogen) atoms. The molecule has 2 aromatic rings. The van der Waals surface area contributed by atoms with Gasteiger partial charge in [-0.15, -0.1) is 0 Å². The molecule has 3 nitrogen and oxygen atoms in total. The van der Waals surface area contributed by atoms with Gasteiger partial charge in [-0.3, -0.25) is 4.79 Å². The van der Waals surface area contributed by atoms with E-state index in [9.17, 15) is 4.79 Å². The summed E-state index contributed by atoms with van der Waals surface area (Å²) in [6.07, 6.45) is 0.952. The third kappa shape index (κ3) is 1.45. The smallest absolute Gasteiger partial charge is 0.245 e. The summed E-state index contributed by atoms with van der Waals surface area (Å²) >= 11 is 0. The minimum atomic E-state index is -0.314. The molecular weight excluding hydrogens is 236 g/mol. The number of nitrogens with zero attached hydrogens (tertiary/aromatic N) is 1. The molecule has 2 aliphatic rings. The van der Waals surface area contributed by atoms with Gasteiger partial charge in [0.2, 0.25) is 5.91 Å². The van der Waals surface area contributed by atoms with Crippen LogP contribution in [0.3, 0.4) is 0 Å². The fraction of sp³-hybridized carbons (Fsp3) is 0.188. The van der Waals surface area contributed by atoms with Crippen LogP contribution < -0.4 is 10.6 Å². The van der Waals surface area contributed by atoms with Crippen LogP contribution in [0.25, 0.3) is 11.1 Å². The molecule has 1 aliphatic heterocycles. The van der Waals surface area contributed by atoms with Crippen LogP contribution in [0.1, 0.15) is 11.1 Å². The van der Waals surface area contributed by atoms with Gasteiger partial charge in [0.05, 0.1) is 6.54 Å². The van der Waals surface area contributed by atoms with Crippen LogP contribution >= 0.6 is 0 Å². The molecule has 1 fully saturated rings. The van der Waals surface area contributed by atoms with Gasteiger partial charge in [-0.25, -0.2) is 0 Å². The second kappa shape index (κ2) is 3.68. The topological polar surface area (TPSA) is 46.3 Å². The van der Waals surface area contributed by atoms with E-state index in [1.807, 2.05) is 6.07 Å². The van der Waals surface area contributed by atoms with Crippen LogP contribution in [0.15, 0.2) is 42.5 Å². The molecule has 1 amide bonds. The van der Waals surface area contributed by atoms with E-state index in [1.165, 1.54) is 22.3 Å². The number of β-lactam (4-membered cyclic amide) rings is 1. The molecule has 2 aromatic carbocycles. The third-order valence-corrected chi connectivity index (χ3v) is 4.05. The molecule has 94 valence electrons. The normalized spacial score (nSPS) is 19.9. The largest absolute Gasteiger partial charge is 0.318 e. The minimum absolute atomic E-state index is 0.0236. The van der Waals surface area contributed by atoms with Crippen LogP contribution in [-0.2, 0) is 11.2 Å². The molecule has 3 heteroatoms. The first kappa shape index (κ1) is 10.8. The number of benzene rings is 2. The average molecular weight is 250 g/mol. The van der Waals surface area contributed by atoms with Crippen molar-refractivity contribution in [2.75, 3.05) is 11.4 Å². The van der Waals surface area contributed by atoms with Crippen molar-refractivity contribution < 1.29 is 4.79 Å². The van der Waals surface area contributed by atoms with E-state index in [0.717, 1.165) is 12.1 Å². The number of hydrogen-bond donors (Lipinski definition) is 1. The predicted octanol–water partition coefficient (Wildman–Crippen LogP) is 1.93. The van der Waals surface area contributed by atoms with Gasteiger partial charge >= 0.3 is 0 Å². The highest BCUT2D eigenvalue weighted by atomic mass is 16.2. The van der Waals surface area contributed by atoms with Gasteiger partial charge < -0.3 is 10.6 Å². The molecule has 1 heterocycles. The summed E-state index contributed by atoms with van der Waals surface area (Å²) in [6, 6.07) is 14.4. The third-order valence-electron chi connectivity index (χ3n) is 4.05. The lowest BCUT2D eigenvalue weighted by molar-refractivity contribution is -0.123. The van der Waals surface area contributed by atoms with Crippen molar-refractivity contribution in [1.82, 2.24) is 0 Å². The van der Waals surface area contributed by atoms with Crippen molar-refractivity contribution in [3.63, 3.8) is 0 Å². The number of hydrogen-bond acceptors (Lipinski definition) is 2. The molecule has 0 radical (unpaired) electrons. The first-order valence-corrected chi connectivity index (χ1v) is 6.52. The van der Waals surface area contributed by atoms with Crippen molar-refractivity contribution in [2.45, 2.75) is 12.5 Å². The Morgan fingerprint density at radius 1 is 1.05 bits per heavy atom. The molecule has 0 aromatic heterocycles. The average Bonchev–Trinajstić information content (AvgIpc) is 2.81. The molecular formula is C16H14N2O. The van der Waals surface area contributed by atoms with E-state index < -0.39 is 0 Å². The monoisotopic (exact) mass is 250 g/mol. The summed E-state index contributed by atoms with van der Waals surface area (Å²) < 4.78 is 0. The van der Waals surface area contributed by atoms with Crippen LogP contribution in [0.4, 0.5) is 5.69 Å². The highest BCUT2D eigenvalue weighted by Gasteiger charge is 2.35. The van der Waals surface area contributed by atoms with Crippen LogP contribution in [-0.4, -0.2) is 18.5 Å². The van der Waals surface area contributed by atoms with Gasteiger partial charge in [-0.2, -0.15) is 0 Å². The second-order valence-corrected chi connectivity index (χ2v) is 5.23. The zero-order valence-electron chi connectivity index (χ0n) is 10.5. The van der Waals surface area contributed by atoms with Gasteiger partial charge in [-0.05, 0) is 40.8 Å². The highest BCUT2D eigenvalue weighted by molar-refractivity contribution is 6.04. The fourth-order valence-electron chi connectivity index (χ4n) is 2.98. The Balaban J connectivity index is 1.74. The van der Waals surface area contributed by atoms with E-state index in [1.54, 1.807) is 4.90 Å².